The molecular weight excluding hydrogens is 242 g/mol. The van der Waals surface area contributed by atoms with Gasteiger partial charge in [-0.05, 0) is 18.7 Å². The van der Waals surface area contributed by atoms with Crippen molar-refractivity contribution in [3.05, 3.63) is 41.4 Å². The summed E-state index contributed by atoms with van der Waals surface area (Å²) < 4.78 is 3.26. The fourth-order valence-electron chi connectivity index (χ4n) is 2.22. The summed E-state index contributed by atoms with van der Waals surface area (Å²) in [7, 11) is 1.99. The van der Waals surface area contributed by atoms with Gasteiger partial charge in [0.2, 0.25) is 0 Å². The minimum Gasteiger partial charge on any atom is -0.330 e. The van der Waals surface area contributed by atoms with Crippen LogP contribution in [0.25, 0.3) is 21.3 Å². The second kappa shape index (κ2) is 4.55. The Morgan fingerprint density at radius 3 is 3.00 bits per heavy atom. The van der Waals surface area contributed by atoms with Gasteiger partial charge in [-0.1, -0.05) is 18.2 Å². The highest BCUT2D eigenvalue weighted by Crippen LogP contribution is 2.33. The van der Waals surface area contributed by atoms with Crippen molar-refractivity contribution in [2.45, 2.75) is 6.42 Å². The maximum atomic E-state index is 5.58. The molecule has 4 heteroatoms. The minimum absolute atomic E-state index is 0.640. The normalized spacial score (nSPS) is 11.2. The van der Waals surface area contributed by atoms with E-state index in [0.717, 1.165) is 17.8 Å². The highest BCUT2D eigenvalue weighted by Gasteiger charge is 2.11. The van der Waals surface area contributed by atoms with E-state index in [-0.39, 0.29) is 0 Å². The maximum absolute atomic E-state index is 5.58. The van der Waals surface area contributed by atoms with E-state index in [0.29, 0.717) is 6.54 Å². The number of fused-ring (bicyclic) bond motifs is 1. The molecule has 2 aromatic heterocycles. The zero-order valence-electron chi connectivity index (χ0n) is 10.3. The molecule has 2 heterocycles. The molecule has 0 saturated heterocycles. The van der Waals surface area contributed by atoms with Crippen LogP contribution in [0.3, 0.4) is 0 Å². The summed E-state index contributed by atoms with van der Waals surface area (Å²) in [4.78, 5) is 0. The average Bonchev–Trinajstić information content (AvgIpc) is 2.93. The Kier molecular flexibility index (Phi) is 2.89. The van der Waals surface area contributed by atoms with Crippen LogP contribution in [0, 0.1) is 0 Å². The number of rotatable bonds is 3. The van der Waals surface area contributed by atoms with Gasteiger partial charge in [0.1, 0.15) is 0 Å². The second-order valence-electron chi connectivity index (χ2n) is 4.33. The first-order valence-corrected chi connectivity index (χ1v) is 6.87. The number of hydrogen-bond donors (Lipinski definition) is 1. The SMILES string of the molecule is Cn1nc(CCN)cc1-c1csc2ccccc12. The summed E-state index contributed by atoms with van der Waals surface area (Å²) in [6.07, 6.45) is 0.829. The van der Waals surface area contributed by atoms with Crippen LogP contribution in [0.1, 0.15) is 5.69 Å². The number of nitrogens with zero attached hydrogens (tertiary/aromatic N) is 2. The molecule has 92 valence electrons. The first-order chi connectivity index (χ1) is 8.79. The largest absolute Gasteiger partial charge is 0.330 e. The van der Waals surface area contributed by atoms with Gasteiger partial charge in [0.25, 0.3) is 0 Å². The third-order valence-electron chi connectivity index (χ3n) is 3.09. The van der Waals surface area contributed by atoms with Gasteiger partial charge in [-0.25, -0.2) is 0 Å². The van der Waals surface area contributed by atoms with E-state index in [1.54, 1.807) is 11.3 Å². The molecule has 3 rings (SSSR count). The molecule has 3 nitrogen and oxygen atoms in total. The van der Waals surface area contributed by atoms with Crippen LogP contribution in [0.5, 0.6) is 0 Å². The van der Waals surface area contributed by atoms with Crippen molar-refractivity contribution in [2.24, 2.45) is 12.8 Å². The Balaban J connectivity index is 2.14. The molecule has 3 aromatic rings. The fraction of sp³-hybridized carbons (Fsp3) is 0.214. The third-order valence-corrected chi connectivity index (χ3v) is 4.05. The average molecular weight is 257 g/mol. The van der Waals surface area contributed by atoms with Crippen LogP contribution in [-0.4, -0.2) is 16.3 Å². The van der Waals surface area contributed by atoms with E-state index in [4.69, 9.17) is 5.73 Å². The summed E-state index contributed by atoms with van der Waals surface area (Å²) in [5.41, 5.74) is 9.06. The molecule has 0 aliphatic rings. The predicted octanol–water partition coefficient (Wildman–Crippen LogP) is 2.80. The summed E-state index contributed by atoms with van der Waals surface area (Å²) in [5, 5.41) is 8.00. The van der Waals surface area contributed by atoms with E-state index in [1.807, 2.05) is 11.7 Å². The van der Waals surface area contributed by atoms with Crippen molar-refractivity contribution >= 4 is 21.4 Å². The molecule has 0 amide bonds. The van der Waals surface area contributed by atoms with E-state index < -0.39 is 0 Å². The fourth-order valence-corrected chi connectivity index (χ4v) is 3.18. The molecule has 0 aliphatic carbocycles. The molecule has 0 bridgehead atoms. The maximum Gasteiger partial charge on any atom is 0.0696 e. The predicted molar refractivity (Wildman–Crippen MR) is 76.8 cm³/mol. The van der Waals surface area contributed by atoms with E-state index in [9.17, 15) is 0 Å². The van der Waals surface area contributed by atoms with Crippen LogP contribution in [0.15, 0.2) is 35.7 Å². The Hall–Kier alpha value is -1.65. The molecule has 0 saturated carbocycles. The van der Waals surface area contributed by atoms with Gasteiger partial charge in [0, 0.05) is 34.5 Å². The number of thiophene rings is 1. The van der Waals surface area contributed by atoms with Crippen molar-refractivity contribution in [2.75, 3.05) is 6.54 Å². The smallest absolute Gasteiger partial charge is 0.0696 e. The zero-order valence-corrected chi connectivity index (χ0v) is 11.1. The molecule has 2 N–H and O–H groups in total. The van der Waals surface area contributed by atoms with Gasteiger partial charge in [-0.3, -0.25) is 4.68 Å². The lowest BCUT2D eigenvalue weighted by Crippen LogP contribution is -2.03. The van der Waals surface area contributed by atoms with Crippen molar-refractivity contribution in [1.82, 2.24) is 9.78 Å². The lowest BCUT2D eigenvalue weighted by Gasteiger charge is -1.99. The van der Waals surface area contributed by atoms with Crippen LogP contribution >= 0.6 is 11.3 Å². The number of hydrogen-bond acceptors (Lipinski definition) is 3. The van der Waals surface area contributed by atoms with Gasteiger partial charge in [0.15, 0.2) is 0 Å². The van der Waals surface area contributed by atoms with E-state index in [1.165, 1.54) is 15.6 Å². The lowest BCUT2D eigenvalue weighted by atomic mass is 10.1. The molecule has 0 unspecified atom stereocenters. The summed E-state index contributed by atoms with van der Waals surface area (Å²) in [6.45, 7) is 0.640. The number of benzene rings is 1. The Morgan fingerprint density at radius 1 is 1.33 bits per heavy atom. The molecule has 0 spiro atoms. The van der Waals surface area contributed by atoms with Gasteiger partial charge in [0.05, 0.1) is 11.4 Å². The van der Waals surface area contributed by atoms with Crippen LogP contribution in [0.2, 0.25) is 0 Å². The number of aryl methyl sites for hydroxylation is 1. The topological polar surface area (TPSA) is 43.8 Å². The van der Waals surface area contributed by atoms with Crippen LogP contribution in [-0.2, 0) is 13.5 Å². The minimum atomic E-state index is 0.640. The first kappa shape index (κ1) is 11.4. The number of aromatic nitrogens is 2. The van der Waals surface area contributed by atoms with Crippen molar-refractivity contribution < 1.29 is 0 Å². The summed E-state index contributed by atoms with van der Waals surface area (Å²) in [5.74, 6) is 0. The monoisotopic (exact) mass is 257 g/mol. The Morgan fingerprint density at radius 2 is 2.17 bits per heavy atom. The third kappa shape index (κ3) is 1.83. The molecule has 0 radical (unpaired) electrons. The van der Waals surface area contributed by atoms with Gasteiger partial charge < -0.3 is 5.73 Å². The molecule has 0 fully saturated rings. The molecular formula is C14H15N3S. The van der Waals surface area contributed by atoms with Crippen molar-refractivity contribution in [3.8, 4) is 11.3 Å². The van der Waals surface area contributed by atoms with Crippen molar-refractivity contribution in [1.29, 1.82) is 0 Å². The summed E-state index contributed by atoms with van der Waals surface area (Å²) >= 11 is 1.77. The summed E-state index contributed by atoms with van der Waals surface area (Å²) in [6, 6.07) is 10.6. The van der Waals surface area contributed by atoms with E-state index >= 15 is 0 Å². The van der Waals surface area contributed by atoms with Crippen molar-refractivity contribution in [3.63, 3.8) is 0 Å². The Labute approximate surface area is 110 Å². The number of nitrogens with two attached hydrogens (primary N) is 1. The van der Waals surface area contributed by atoms with Crippen LogP contribution in [0.4, 0.5) is 0 Å². The zero-order chi connectivity index (χ0) is 12.5. The standard InChI is InChI=1S/C14H15N3S/c1-17-13(8-10(16-17)6-7-15)12-9-18-14-5-3-2-4-11(12)14/h2-5,8-9H,6-7,15H2,1H3. The molecule has 0 aliphatic heterocycles. The first-order valence-electron chi connectivity index (χ1n) is 5.99. The quantitative estimate of drug-likeness (QED) is 0.784. The van der Waals surface area contributed by atoms with Gasteiger partial charge >= 0.3 is 0 Å². The molecule has 18 heavy (non-hydrogen) atoms. The lowest BCUT2D eigenvalue weighted by molar-refractivity contribution is 0.746. The second-order valence-corrected chi connectivity index (χ2v) is 5.24. The van der Waals surface area contributed by atoms with Crippen LogP contribution < -0.4 is 5.73 Å². The molecule has 1 aromatic carbocycles. The van der Waals surface area contributed by atoms with E-state index in [2.05, 4.69) is 40.8 Å². The Bertz CT molecular complexity index is 681. The highest BCUT2D eigenvalue weighted by molar-refractivity contribution is 7.17. The van der Waals surface area contributed by atoms with Gasteiger partial charge in [-0.15, -0.1) is 11.3 Å². The molecule has 0 atom stereocenters. The highest BCUT2D eigenvalue weighted by atomic mass is 32.1. The van der Waals surface area contributed by atoms with Gasteiger partial charge in [-0.2, -0.15) is 5.10 Å².